The van der Waals surface area contributed by atoms with Gasteiger partial charge in [-0.2, -0.15) is 0 Å². The molecule has 0 saturated carbocycles. The van der Waals surface area contributed by atoms with E-state index in [0.29, 0.717) is 0 Å². The van der Waals surface area contributed by atoms with Crippen molar-refractivity contribution < 1.29 is 4.69 Å². The molecule has 0 radical (unpaired) electrons. The molecule has 0 fully saturated rings. The van der Waals surface area contributed by atoms with Crippen molar-refractivity contribution in [3.63, 3.8) is 0 Å². The van der Waals surface area contributed by atoms with Crippen molar-refractivity contribution in [1.82, 2.24) is 0 Å². The zero-order valence-electron chi connectivity index (χ0n) is 11.9. The molecule has 110 valence electrons. The van der Waals surface area contributed by atoms with E-state index >= 15 is 0 Å². The Kier molecular flexibility index (Phi) is 3.99. The van der Waals surface area contributed by atoms with E-state index in [2.05, 4.69) is 0 Å². The van der Waals surface area contributed by atoms with Gasteiger partial charge in [0.1, 0.15) is 0 Å². The van der Waals surface area contributed by atoms with Crippen LogP contribution in [0.1, 0.15) is 0 Å². The summed E-state index contributed by atoms with van der Waals surface area (Å²) in [6.07, 6.45) is 0. The Morgan fingerprint density at radius 2 is 0.864 bits per heavy atom. The van der Waals surface area contributed by atoms with E-state index in [1.807, 2.05) is 91.0 Å². The summed E-state index contributed by atoms with van der Waals surface area (Å²) in [5.41, 5.74) is 0. The van der Waals surface area contributed by atoms with E-state index in [1.54, 1.807) is 0 Å². The summed E-state index contributed by atoms with van der Waals surface area (Å²) in [4.78, 5) is 12.3. The topological polar surface area (TPSA) is 43.1 Å². The van der Waals surface area contributed by atoms with Gasteiger partial charge in [0.25, 0.3) is 0 Å². The summed E-state index contributed by atoms with van der Waals surface area (Å²) in [5.74, 6) is 0. The first-order valence-corrected chi connectivity index (χ1v) is 9.02. The van der Waals surface area contributed by atoms with Gasteiger partial charge in [-0.25, -0.2) is 0 Å². The maximum absolute atomic E-state index is 12.3. The SMILES string of the molecule is O=[N+]([O-])[PH](c1ccccc1)(c1ccccc1)c1ccccc1. The molecule has 3 aromatic rings. The van der Waals surface area contributed by atoms with Gasteiger partial charge in [-0.05, 0) is 0 Å². The van der Waals surface area contributed by atoms with Gasteiger partial charge >= 0.3 is 129 Å². The summed E-state index contributed by atoms with van der Waals surface area (Å²) in [5, 5.41) is 14.7. The van der Waals surface area contributed by atoms with Crippen LogP contribution in [0, 0.1) is 10.1 Å². The van der Waals surface area contributed by atoms with Gasteiger partial charge in [-0.15, -0.1) is 0 Å². The Hall–Kier alpha value is -2.51. The first-order valence-electron chi connectivity index (χ1n) is 7.07. The Bertz CT molecular complexity index is 664. The van der Waals surface area contributed by atoms with Crippen LogP contribution in [0.25, 0.3) is 0 Å². The molecule has 3 aromatic carbocycles. The molecule has 0 heterocycles. The van der Waals surface area contributed by atoms with Crippen LogP contribution in [0.4, 0.5) is 0 Å². The summed E-state index contributed by atoms with van der Waals surface area (Å²) in [6, 6.07) is 28.1. The average molecular weight is 309 g/mol. The molecule has 0 aliphatic rings. The van der Waals surface area contributed by atoms with Crippen molar-refractivity contribution >= 4 is 23.3 Å². The molecule has 0 amide bonds. The molecule has 0 aliphatic carbocycles. The number of hydrogen-bond donors (Lipinski definition) is 0. The molecule has 0 spiro atoms. The predicted octanol–water partition coefficient (Wildman–Crippen LogP) is 2.90. The van der Waals surface area contributed by atoms with E-state index in [0.717, 1.165) is 15.9 Å². The fraction of sp³-hybridized carbons (Fsp3) is 0. The second-order valence-electron chi connectivity index (χ2n) is 5.07. The van der Waals surface area contributed by atoms with E-state index in [4.69, 9.17) is 0 Å². The van der Waals surface area contributed by atoms with Crippen LogP contribution in [0.15, 0.2) is 91.0 Å². The number of rotatable bonds is 4. The zero-order valence-corrected chi connectivity index (χ0v) is 12.9. The van der Waals surface area contributed by atoms with Crippen molar-refractivity contribution in [1.29, 1.82) is 0 Å². The van der Waals surface area contributed by atoms with E-state index in [1.165, 1.54) is 0 Å². The quantitative estimate of drug-likeness (QED) is 0.422. The fourth-order valence-electron chi connectivity index (χ4n) is 2.85. The normalized spacial score (nSPS) is 11.8. The van der Waals surface area contributed by atoms with Crippen molar-refractivity contribution in [2.75, 3.05) is 0 Å². The molecule has 0 saturated heterocycles. The van der Waals surface area contributed by atoms with Gasteiger partial charge in [0.2, 0.25) is 0 Å². The number of hydrogen-bond acceptors (Lipinski definition) is 2. The second-order valence-corrected chi connectivity index (χ2v) is 8.58. The standard InChI is InChI=1S/C18H16NO2P/c20-19(21)22(16-10-4-1-5-11-16,17-12-6-2-7-13-17)18-14-8-3-9-15-18/h1-15,22H. The molecular formula is C18H16NO2P. The Balaban J connectivity index is 2.37. The molecule has 0 aromatic heterocycles. The first-order chi connectivity index (χ1) is 10.8. The number of nitro groups is 1. The van der Waals surface area contributed by atoms with Gasteiger partial charge in [0.05, 0.1) is 0 Å². The van der Waals surface area contributed by atoms with Crippen LogP contribution in [0.5, 0.6) is 0 Å². The average Bonchev–Trinajstić information content (AvgIpc) is 2.58. The monoisotopic (exact) mass is 309 g/mol. The molecule has 0 atom stereocenters. The number of nitrogens with zero attached hydrogens (tertiary/aromatic N) is 1. The Labute approximate surface area is 129 Å². The van der Waals surface area contributed by atoms with Crippen molar-refractivity contribution in [3.05, 3.63) is 101 Å². The van der Waals surface area contributed by atoms with Crippen LogP contribution < -0.4 is 15.9 Å². The van der Waals surface area contributed by atoms with Crippen LogP contribution in [-0.4, -0.2) is 4.69 Å². The molecule has 0 aliphatic heterocycles. The third-order valence-electron chi connectivity index (χ3n) is 3.85. The molecule has 3 rings (SSSR count). The summed E-state index contributed by atoms with van der Waals surface area (Å²) in [6.45, 7) is 0. The summed E-state index contributed by atoms with van der Waals surface area (Å²) in [7, 11) is -3.28. The Morgan fingerprint density at radius 3 is 1.09 bits per heavy atom. The molecule has 22 heavy (non-hydrogen) atoms. The number of benzene rings is 3. The molecule has 4 heteroatoms. The van der Waals surface area contributed by atoms with E-state index in [9.17, 15) is 10.1 Å². The van der Waals surface area contributed by atoms with E-state index < -0.39 is 7.41 Å². The van der Waals surface area contributed by atoms with Crippen LogP contribution >= 0.6 is 7.41 Å². The molecule has 3 nitrogen and oxygen atoms in total. The summed E-state index contributed by atoms with van der Waals surface area (Å²) < 4.78 is -0.0625. The van der Waals surface area contributed by atoms with Crippen molar-refractivity contribution in [3.8, 4) is 0 Å². The molecule has 0 bridgehead atoms. The van der Waals surface area contributed by atoms with E-state index in [-0.39, 0.29) is 4.69 Å². The Morgan fingerprint density at radius 1 is 0.591 bits per heavy atom. The van der Waals surface area contributed by atoms with Crippen LogP contribution in [-0.2, 0) is 0 Å². The fourth-order valence-corrected chi connectivity index (χ4v) is 6.51. The first kappa shape index (κ1) is 14.4. The second kappa shape index (κ2) is 6.08. The zero-order chi connectivity index (χ0) is 15.4. The summed E-state index contributed by atoms with van der Waals surface area (Å²) >= 11 is 0. The van der Waals surface area contributed by atoms with Gasteiger partial charge in [0.15, 0.2) is 0 Å². The minimum absolute atomic E-state index is 0.0625. The third-order valence-corrected chi connectivity index (χ3v) is 7.90. The van der Waals surface area contributed by atoms with Crippen LogP contribution in [0.3, 0.4) is 0 Å². The van der Waals surface area contributed by atoms with Crippen molar-refractivity contribution in [2.45, 2.75) is 0 Å². The minimum atomic E-state index is -3.28. The van der Waals surface area contributed by atoms with Gasteiger partial charge in [-0.1, -0.05) is 0 Å². The molecule has 0 unspecified atom stereocenters. The van der Waals surface area contributed by atoms with Gasteiger partial charge in [-0.3, -0.25) is 0 Å². The van der Waals surface area contributed by atoms with Crippen molar-refractivity contribution in [2.24, 2.45) is 0 Å². The van der Waals surface area contributed by atoms with Gasteiger partial charge in [0, 0.05) is 0 Å². The predicted molar refractivity (Wildman–Crippen MR) is 93.5 cm³/mol. The molecule has 0 N–H and O–H groups in total. The van der Waals surface area contributed by atoms with Gasteiger partial charge < -0.3 is 0 Å². The van der Waals surface area contributed by atoms with Crippen LogP contribution in [0.2, 0.25) is 0 Å². The maximum atomic E-state index is 12.3. The molecular weight excluding hydrogens is 293 g/mol. The third kappa shape index (κ3) is 2.30.